The SMILES string of the molecule is COc1cc(OC)cc(-c2noc(CC(c3ccccc3)N3C(=O)c4ccccc4C3=O)n2)c1. The van der Waals surface area contributed by atoms with Crippen LogP contribution >= 0.6 is 0 Å². The van der Waals surface area contributed by atoms with Crippen molar-refractivity contribution < 1.29 is 23.6 Å². The molecule has 4 aromatic rings. The van der Waals surface area contributed by atoms with Gasteiger partial charge in [-0.25, -0.2) is 0 Å². The minimum atomic E-state index is -0.609. The summed E-state index contributed by atoms with van der Waals surface area (Å²) in [6.07, 6.45) is 0.170. The first-order valence-electron chi connectivity index (χ1n) is 10.7. The molecule has 0 bridgehead atoms. The number of rotatable bonds is 7. The lowest BCUT2D eigenvalue weighted by molar-refractivity contribution is 0.0575. The first kappa shape index (κ1) is 21.4. The van der Waals surface area contributed by atoms with Crippen molar-refractivity contribution in [1.29, 1.82) is 0 Å². The Morgan fingerprint density at radius 3 is 2.03 bits per heavy atom. The predicted octanol–water partition coefficient (Wildman–Crippen LogP) is 4.33. The van der Waals surface area contributed by atoms with Gasteiger partial charge >= 0.3 is 0 Å². The average Bonchev–Trinajstić information content (AvgIpc) is 3.46. The Labute approximate surface area is 195 Å². The highest BCUT2D eigenvalue weighted by atomic mass is 16.5. The summed E-state index contributed by atoms with van der Waals surface area (Å²) >= 11 is 0. The first-order chi connectivity index (χ1) is 16.6. The van der Waals surface area contributed by atoms with E-state index in [0.717, 1.165) is 5.56 Å². The zero-order valence-electron chi connectivity index (χ0n) is 18.6. The summed E-state index contributed by atoms with van der Waals surface area (Å²) in [5.41, 5.74) is 2.23. The molecule has 2 heterocycles. The second-order valence-corrected chi connectivity index (χ2v) is 7.77. The van der Waals surface area contributed by atoms with Crippen molar-refractivity contribution >= 4 is 11.8 Å². The van der Waals surface area contributed by atoms with E-state index in [-0.39, 0.29) is 18.2 Å². The molecule has 0 saturated carbocycles. The van der Waals surface area contributed by atoms with Gasteiger partial charge in [0.15, 0.2) is 0 Å². The number of amides is 2. The average molecular weight is 455 g/mol. The van der Waals surface area contributed by atoms with E-state index in [9.17, 15) is 9.59 Å². The van der Waals surface area contributed by atoms with Crippen molar-refractivity contribution in [3.05, 3.63) is 95.4 Å². The van der Waals surface area contributed by atoms with E-state index in [4.69, 9.17) is 14.0 Å². The van der Waals surface area contributed by atoms with Crippen molar-refractivity contribution in [3.8, 4) is 22.9 Å². The van der Waals surface area contributed by atoms with Crippen LogP contribution in [-0.2, 0) is 6.42 Å². The van der Waals surface area contributed by atoms with E-state index in [0.29, 0.717) is 39.9 Å². The van der Waals surface area contributed by atoms with E-state index in [2.05, 4.69) is 10.1 Å². The van der Waals surface area contributed by atoms with E-state index >= 15 is 0 Å². The fourth-order valence-corrected chi connectivity index (χ4v) is 4.08. The van der Waals surface area contributed by atoms with Gasteiger partial charge in [0, 0.05) is 11.6 Å². The molecule has 0 fully saturated rings. The zero-order chi connectivity index (χ0) is 23.7. The molecule has 8 heteroatoms. The Morgan fingerprint density at radius 2 is 1.44 bits per heavy atom. The lowest BCUT2D eigenvalue weighted by Gasteiger charge is -2.25. The highest BCUT2D eigenvalue weighted by Gasteiger charge is 2.41. The fourth-order valence-electron chi connectivity index (χ4n) is 4.08. The van der Waals surface area contributed by atoms with Crippen molar-refractivity contribution in [2.45, 2.75) is 12.5 Å². The van der Waals surface area contributed by atoms with Gasteiger partial charge in [0.2, 0.25) is 11.7 Å². The topological polar surface area (TPSA) is 94.8 Å². The summed E-state index contributed by atoms with van der Waals surface area (Å²) in [5.74, 6) is 1.14. The molecule has 0 aliphatic carbocycles. The van der Waals surface area contributed by atoms with Crippen LogP contribution in [0.25, 0.3) is 11.4 Å². The molecule has 0 N–H and O–H groups in total. The molecule has 2 amide bonds. The number of hydrogen-bond acceptors (Lipinski definition) is 7. The smallest absolute Gasteiger partial charge is 0.262 e. The lowest BCUT2D eigenvalue weighted by Crippen LogP contribution is -2.35. The molecule has 1 aliphatic rings. The lowest BCUT2D eigenvalue weighted by atomic mass is 10.0. The number of benzene rings is 3. The van der Waals surface area contributed by atoms with E-state index < -0.39 is 6.04 Å². The highest BCUT2D eigenvalue weighted by Crippen LogP contribution is 2.34. The van der Waals surface area contributed by atoms with Crippen LogP contribution in [0.2, 0.25) is 0 Å². The van der Waals surface area contributed by atoms with Crippen LogP contribution in [0.4, 0.5) is 0 Å². The number of ether oxygens (including phenoxy) is 2. The van der Waals surface area contributed by atoms with Gasteiger partial charge in [0.05, 0.1) is 37.8 Å². The maximum Gasteiger partial charge on any atom is 0.262 e. The van der Waals surface area contributed by atoms with E-state index in [1.807, 2.05) is 30.3 Å². The zero-order valence-corrected chi connectivity index (χ0v) is 18.6. The summed E-state index contributed by atoms with van der Waals surface area (Å²) in [6.45, 7) is 0. The standard InChI is InChI=1S/C26H21N3O5/c1-32-18-12-17(13-19(14-18)33-2)24-27-23(34-28-24)15-22(16-8-4-3-5-9-16)29-25(30)20-10-6-7-11-21(20)26(29)31/h3-14,22H,15H2,1-2H3. The third-order valence-electron chi connectivity index (χ3n) is 5.77. The summed E-state index contributed by atoms with van der Waals surface area (Å²) in [4.78, 5) is 32.2. The Bertz CT molecular complexity index is 1310. The van der Waals surface area contributed by atoms with Crippen LogP contribution in [0.1, 0.15) is 38.2 Å². The molecule has 8 nitrogen and oxygen atoms in total. The molecule has 1 aliphatic heterocycles. The summed E-state index contributed by atoms with van der Waals surface area (Å²) in [5, 5.41) is 4.10. The highest BCUT2D eigenvalue weighted by molar-refractivity contribution is 6.21. The van der Waals surface area contributed by atoms with Gasteiger partial charge in [-0.1, -0.05) is 47.6 Å². The quantitative estimate of drug-likeness (QED) is 0.383. The van der Waals surface area contributed by atoms with Gasteiger partial charge < -0.3 is 14.0 Å². The minimum Gasteiger partial charge on any atom is -0.497 e. The molecule has 0 radical (unpaired) electrons. The molecule has 170 valence electrons. The molecular formula is C26H21N3O5. The van der Waals surface area contributed by atoms with Gasteiger partial charge in [-0.2, -0.15) is 4.98 Å². The largest absolute Gasteiger partial charge is 0.497 e. The van der Waals surface area contributed by atoms with Crippen LogP contribution < -0.4 is 9.47 Å². The Balaban J connectivity index is 1.50. The predicted molar refractivity (Wildman–Crippen MR) is 123 cm³/mol. The minimum absolute atomic E-state index is 0.170. The second-order valence-electron chi connectivity index (χ2n) is 7.77. The Kier molecular flexibility index (Phi) is 5.55. The molecule has 5 rings (SSSR count). The fraction of sp³-hybridized carbons (Fsp3) is 0.154. The van der Waals surface area contributed by atoms with Crippen LogP contribution in [0.3, 0.4) is 0 Å². The monoisotopic (exact) mass is 455 g/mol. The third-order valence-corrected chi connectivity index (χ3v) is 5.77. The van der Waals surface area contributed by atoms with E-state index in [1.54, 1.807) is 56.7 Å². The molecule has 0 spiro atoms. The molecule has 1 atom stereocenters. The molecular weight excluding hydrogens is 434 g/mol. The van der Waals surface area contributed by atoms with Gasteiger partial charge in [0.1, 0.15) is 11.5 Å². The molecule has 0 saturated heterocycles. The first-order valence-corrected chi connectivity index (χ1v) is 10.7. The summed E-state index contributed by atoms with van der Waals surface area (Å²) in [7, 11) is 3.12. The van der Waals surface area contributed by atoms with Crippen molar-refractivity contribution in [2.75, 3.05) is 14.2 Å². The number of imide groups is 1. The third kappa shape index (κ3) is 3.79. The van der Waals surface area contributed by atoms with Crippen LogP contribution in [0.5, 0.6) is 11.5 Å². The second kappa shape index (κ2) is 8.82. The Morgan fingerprint density at radius 1 is 0.853 bits per heavy atom. The maximum absolute atomic E-state index is 13.2. The van der Waals surface area contributed by atoms with Crippen LogP contribution in [0.15, 0.2) is 77.3 Å². The van der Waals surface area contributed by atoms with Gasteiger partial charge in [-0.15, -0.1) is 0 Å². The maximum atomic E-state index is 13.2. The van der Waals surface area contributed by atoms with Gasteiger partial charge in [-0.05, 0) is 29.8 Å². The van der Waals surface area contributed by atoms with Crippen molar-refractivity contribution in [1.82, 2.24) is 15.0 Å². The molecule has 34 heavy (non-hydrogen) atoms. The van der Waals surface area contributed by atoms with Gasteiger partial charge in [0.25, 0.3) is 11.8 Å². The van der Waals surface area contributed by atoms with Crippen molar-refractivity contribution in [2.24, 2.45) is 0 Å². The molecule has 1 aromatic heterocycles. The van der Waals surface area contributed by atoms with Crippen LogP contribution in [-0.4, -0.2) is 41.1 Å². The van der Waals surface area contributed by atoms with Crippen LogP contribution in [0, 0.1) is 0 Å². The number of methoxy groups -OCH3 is 2. The number of hydrogen-bond donors (Lipinski definition) is 0. The number of carbonyl (C=O) groups is 2. The molecule has 3 aromatic carbocycles. The van der Waals surface area contributed by atoms with E-state index in [1.165, 1.54) is 4.90 Å². The number of nitrogens with zero attached hydrogens (tertiary/aromatic N) is 3. The summed E-state index contributed by atoms with van der Waals surface area (Å²) in [6, 6.07) is 20.9. The number of fused-ring (bicyclic) bond motifs is 1. The number of aromatic nitrogens is 2. The molecule has 1 unspecified atom stereocenters. The van der Waals surface area contributed by atoms with Gasteiger partial charge in [-0.3, -0.25) is 14.5 Å². The summed E-state index contributed by atoms with van der Waals surface area (Å²) < 4.78 is 16.2. The van der Waals surface area contributed by atoms with Crippen molar-refractivity contribution in [3.63, 3.8) is 0 Å². The normalized spacial score (nSPS) is 13.6. The Hall–Kier alpha value is -4.46. The number of carbonyl (C=O) groups excluding carboxylic acids is 2.